The third kappa shape index (κ3) is 3.71. The smallest absolute Gasteiger partial charge is 0.266 e. The number of para-hydroxylation sites is 2. The molecule has 0 fully saturated rings. The Hall–Kier alpha value is -4.77. The van der Waals surface area contributed by atoms with Crippen molar-refractivity contribution in [3.05, 3.63) is 136 Å². The second-order valence-corrected chi connectivity index (χ2v) is 8.92. The predicted octanol–water partition coefficient (Wildman–Crippen LogP) is 5.78. The van der Waals surface area contributed by atoms with E-state index in [2.05, 4.69) is 0 Å². The minimum atomic E-state index is -0.170. The fourth-order valence-electron chi connectivity index (χ4n) is 4.69. The van der Waals surface area contributed by atoms with Gasteiger partial charge in [-0.2, -0.15) is 0 Å². The Balaban J connectivity index is 1.55. The highest BCUT2D eigenvalue weighted by atomic mass is 16.2. The first-order valence-electron chi connectivity index (χ1n) is 11.9. The molecule has 1 aliphatic rings. The van der Waals surface area contributed by atoms with Gasteiger partial charge < -0.3 is 4.90 Å². The lowest BCUT2D eigenvalue weighted by Gasteiger charge is -2.17. The largest absolute Gasteiger partial charge is 0.303 e. The zero-order chi connectivity index (χ0) is 24.6. The van der Waals surface area contributed by atoms with Crippen molar-refractivity contribution in [2.24, 2.45) is 0 Å². The lowest BCUT2D eigenvalue weighted by atomic mass is 10.1. The maximum atomic E-state index is 13.8. The van der Waals surface area contributed by atoms with E-state index in [-0.39, 0.29) is 11.5 Å². The van der Waals surface area contributed by atoms with Crippen molar-refractivity contribution in [2.75, 3.05) is 4.90 Å². The van der Waals surface area contributed by atoms with Gasteiger partial charge in [-0.1, -0.05) is 78.4 Å². The number of aromatic nitrogens is 2. The van der Waals surface area contributed by atoms with Crippen LogP contribution in [-0.2, 0) is 11.3 Å². The molecule has 0 unspecified atom stereocenters. The second-order valence-electron chi connectivity index (χ2n) is 8.92. The summed E-state index contributed by atoms with van der Waals surface area (Å²) in [4.78, 5) is 34.0. The van der Waals surface area contributed by atoms with Crippen LogP contribution in [0.15, 0.2) is 108 Å². The van der Waals surface area contributed by atoms with Gasteiger partial charge in [0.25, 0.3) is 11.5 Å². The highest BCUT2D eigenvalue weighted by Gasteiger charge is 2.32. The Kier molecular flexibility index (Phi) is 5.30. The van der Waals surface area contributed by atoms with E-state index in [0.717, 1.165) is 22.4 Å². The van der Waals surface area contributed by atoms with E-state index in [1.807, 2.05) is 104 Å². The molecule has 5 aromatic rings. The van der Waals surface area contributed by atoms with Crippen LogP contribution in [0.4, 0.5) is 5.69 Å². The van der Waals surface area contributed by atoms with Crippen LogP contribution >= 0.6 is 0 Å². The molecular formula is C31H23N3O2. The van der Waals surface area contributed by atoms with Gasteiger partial charge in [0, 0.05) is 5.56 Å². The van der Waals surface area contributed by atoms with Crippen molar-refractivity contribution in [1.29, 1.82) is 0 Å². The Morgan fingerprint density at radius 2 is 1.47 bits per heavy atom. The molecule has 1 amide bonds. The number of aryl methyl sites for hydroxylation is 1. The quantitative estimate of drug-likeness (QED) is 0.314. The number of hydrogen-bond acceptors (Lipinski definition) is 3. The Bertz CT molecular complexity index is 1700. The summed E-state index contributed by atoms with van der Waals surface area (Å²) in [7, 11) is 0. The van der Waals surface area contributed by atoms with Crippen LogP contribution < -0.4 is 10.5 Å². The zero-order valence-corrected chi connectivity index (χ0v) is 19.8. The molecule has 36 heavy (non-hydrogen) atoms. The van der Waals surface area contributed by atoms with E-state index in [1.165, 1.54) is 0 Å². The molecule has 174 valence electrons. The van der Waals surface area contributed by atoms with Crippen molar-refractivity contribution in [1.82, 2.24) is 9.55 Å². The summed E-state index contributed by atoms with van der Waals surface area (Å²) >= 11 is 0. The lowest BCUT2D eigenvalue weighted by molar-refractivity contribution is -0.113. The van der Waals surface area contributed by atoms with Crippen LogP contribution in [0.2, 0.25) is 0 Å². The van der Waals surface area contributed by atoms with E-state index in [1.54, 1.807) is 21.6 Å². The van der Waals surface area contributed by atoms with Gasteiger partial charge in [0.05, 0.1) is 34.4 Å². The fourth-order valence-corrected chi connectivity index (χ4v) is 4.69. The average Bonchev–Trinajstić information content (AvgIpc) is 3.16. The number of carbonyl (C=O) groups excluding carboxylic acids is 1. The molecule has 6 rings (SSSR count). The summed E-state index contributed by atoms with van der Waals surface area (Å²) in [6.45, 7) is 2.47. The Morgan fingerprint density at radius 3 is 2.28 bits per heavy atom. The molecule has 4 aromatic carbocycles. The van der Waals surface area contributed by atoms with Gasteiger partial charge in [-0.25, -0.2) is 4.98 Å². The Morgan fingerprint density at radius 1 is 0.778 bits per heavy atom. The molecule has 0 spiro atoms. The molecular weight excluding hydrogens is 446 g/mol. The summed E-state index contributed by atoms with van der Waals surface area (Å²) < 4.78 is 1.59. The summed E-state index contributed by atoms with van der Waals surface area (Å²) in [6, 6.07) is 32.7. The summed E-state index contributed by atoms with van der Waals surface area (Å²) in [5, 5.41) is 0.532. The van der Waals surface area contributed by atoms with E-state index < -0.39 is 0 Å². The van der Waals surface area contributed by atoms with Crippen LogP contribution in [0.3, 0.4) is 0 Å². The van der Waals surface area contributed by atoms with E-state index in [4.69, 9.17) is 4.98 Å². The van der Waals surface area contributed by atoms with Gasteiger partial charge >= 0.3 is 0 Å². The predicted molar refractivity (Wildman–Crippen MR) is 144 cm³/mol. The molecule has 0 atom stereocenters. The van der Waals surface area contributed by atoms with Crippen molar-refractivity contribution >= 4 is 34.1 Å². The number of hydrogen-bond donors (Lipinski definition) is 0. The molecule has 0 N–H and O–H groups in total. The Labute approximate surface area is 208 Å². The molecule has 5 heteroatoms. The van der Waals surface area contributed by atoms with Crippen molar-refractivity contribution < 1.29 is 4.79 Å². The van der Waals surface area contributed by atoms with Crippen molar-refractivity contribution in [3.8, 4) is 5.69 Å². The van der Waals surface area contributed by atoms with Crippen molar-refractivity contribution in [2.45, 2.75) is 13.5 Å². The molecule has 5 nitrogen and oxygen atoms in total. The number of rotatable bonds is 4. The van der Waals surface area contributed by atoms with Gasteiger partial charge in [0.2, 0.25) is 0 Å². The molecule has 0 aliphatic carbocycles. The van der Waals surface area contributed by atoms with Crippen LogP contribution in [0.5, 0.6) is 0 Å². The van der Waals surface area contributed by atoms with Gasteiger partial charge in [0.1, 0.15) is 5.82 Å². The standard InChI is InChI=1S/C31H23N3O2/c1-21-15-17-23(18-16-21)34-29(32-27-13-7-5-12-25(27)31(34)36)19-26-24-11-6-8-14-28(24)33(30(26)35)20-22-9-3-2-4-10-22/h2-19H,20H2,1H3/b26-19-. The molecule has 0 radical (unpaired) electrons. The first kappa shape index (κ1) is 21.7. The zero-order valence-electron chi connectivity index (χ0n) is 19.8. The average molecular weight is 470 g/mol. The molecule has 0 bridgehead atoms. The summed E-state index contributed by atoms with van der Waals surface area (Å²) in [5.41, 5.74) is 5.46. The second kappa shape index (κ2) is 8.78. The maximum absolute atomic E-state index is 13.8. The minimum Gasteiger partial charge on any atom is -0.303 e. The number of fused-ring (bicyclic) bond motifs is 2. The number of nitrogens with zero attached hydrogens (tertiary/aromatic N) is 3. The van der Waals surface area contributed by atoms with Gasteiger partial charge in [0.15, 0.2) is 0 Å². The highest BCUT2D eigenvalue weighted by Crippen LogP contribution is 2.38. The number of amides is 1. The SMILES string of the molecule is Cc1ccc(-n2c(/C=C3\C(=O)N(Cc4ccccc4)c4ccccc43)nc3ccccc3c2=O)cc1. The van der Waals surface area contributed by atoms with Crippen LogP contribution in [-0.4, -0.2) is 15.5 Å². The molecule has 1 aromatic heterocycles. The van der Waals surface area contributed by atoms with Crippen molar-refractivity contribution in [3.63, 3.8) is 0 Å². The van der Waals surface area contributed by atoms with Gasteiger partial charge in [-0.3, -0.25) is 14.2 Å². The highest BCUT2D eigenvalue weighted by molar-refractivity contribution is 6.35. The van der Waals surface area contributed by atoms with E-state index in [9.17, 15) is 9.59 Å². The first-order valence-corrected chi connectivity index (χ1v) is 11.9. The third-order valence-corrected chi connectivity index (χ3v) is 6.51. The molecule has 0 saturated heterocycles. The molecule has 0 saturated carbocycles. The first-order chi connectivity index (χ1) is 17.6. The molecule has 1 aliphatic heterocycles. The van der Waals surface area contributed by atoms with Crippen LogP contribution in [0, 0.1) is 6.92 Å². The van der Waals surface area contributed by atoms with Gasteiger partial charge in [-0.05, 0) is 48.9 Å². The summed E-state index contributed by atoms with van der Waals surface area (Å²) in [6.07, 6.45) is 1.75. The number of anilines is 1. The summed E-state index contributed by atoms with van der Waals surface area (Å²) in [5.74, 6) is 0.306. The lowest BCUT2D eigenvalue weighted by Crippen LogP contribution is -2.26. The monoisotopic (exact) mass is 469 g/mol. The third-order valence-electron chi connectivity index (χ3n) is 6.51. The van der Waals surface area contributed by atoms with Crippen LogP contribution in [0.1, 0.15) is 22.5 Å². The molecule has 2 heterocycles. The topological polar surface area (TPSA) is 55.2 Å². The fraction of sp³-hybridized carbons (Fsp3) is 0.0645. The van der Waals surface area contributed by atoms with Crippen LogP contribution in [0.25, 0.3) is 28.2 Å². The number of carbonyl (C=O) groups is 1. The van der Waals surface area contributed by atoms with E-state index in [0.29, 0.717) is 34.5 Å². The minimum absolute atomic E-state index is 0.113. The normalized spacial score (nSPS) is 14.0. The maximum Gasteiger partial charge on any atom is 0.266 e. The van der Waals surface area contributed by atoms with Gasteiger partial charge in [-0.15, -0.1) is 0 Å². The number of benzene rings is 4. The van der Waals surface area contributed by atoms with E-state index >= 15 is 0 Å².